The molecule has 1 aliphatic rings. The number of ether oxygens (including phenoxy) is 1. The summed E-state index contributed by atoms with van der Waals surface area (Å²) in [7, 11) is 2.08. The van der Waals surface area contributed by atoms with E-state index in [0.717, 1.165) is 36.2 Å². The van der Waals surface area contributed by atoms with Gasteiger partial charge in [0.15, 0.2) is 0 Å². The van der Waals surface area contributed by atoms with Crippen LogP contribution in [0.4, 0.5) is 10.5 Å². The molecule has 1 fully saturated rings. The van der Waals surface area contributed by atoms with E-state index in [4.69, 9.17) is 4.74 Å². The van der Waals surface area contributed by atoms with Crippen LogP contribution in [-0.2, 0) is 11.2 Å². The fourth-order valence-electron chi connectivity index (χ4n) is 3.27. The highest BCUT2D eigenvalue weighted by atomic mass is 16.5. The van der Waals surface area contributed by atoms with Crippen molar-refractivity contribution in [2.24, 2.45) is 0 Å². The lowest BCUT2D eigenvalue weighted by atomic mass is 10.0. The molecule has 0 bridgehead atoms. The van der Waals surface area contributed by atoms with E-state index in [0.29, 0.717) is 12.6 Å². The number of nitrogens with zero attached hydrogens (tertiary/aromatic N) is 1. The average molecular weight is 338 g/mol. The van der Waals surface area contributed by atoms with Gasteiger partial charge < -0.3 is 9.64 Å². The number of carbonyl (C=O) groups is 1. The molecule has 0 saturated carbocycles. The summed E-state index contributed by atoms with van der Waals surface area (Å²) in [5, 5.41) is 2.90. The number of likely N-dealkylation sites (N-methyl/N-ethyl adjacent to an activating group) is 1. The Morgan fingerprint density at radius 3 is 2.64 bits per heavy atom. The Morgan fingerprint density at radius 1 is 1.20 bits per heavy atom. The summed E-state index contributed by atoms with van der Waals surface area (Å²) >= 11 is 0. The standard InChI is InChI=1S/C21H26N2O2/c1-3-16-10-12-17(13-11-16)19-8-4-5-9-20(19)22-21(24)25-15-18-7-6-14-23(18)2/h4-5,8-13,18H,3,6-7,14-15H2,1-2H3,(H,22,24)/t18-/m1/s1. The summed E-state index contributed by atoms with van der Waals surface area (Å²) in [6.07, 6.45) is 2.88. The van der Waals surface area contributed by atoms with Gasteiger partial charge in [-0.05, 0) is 50.0 Å². The zero-order chi connectivity index (χ0) is 17.6. The maximum absolute atomic E-state index is 12.2. The van der Waals surface area contributed by atoms with Gasteiger partial charge in [0.25, 0.3) is 0 Å². The minimum atomic E-state index is -0.391. The molecule has 1 atom stereocenters. The Morgan fingerprint density at radius 2 is 1.96 bits per heavy atom. The number of carbonyl (C=O) groups excluding carboxylic acids is 1. The van der Waals surface area contributed by atoms with Crippen LogP contribution in [0.25, 0.3) is 11.1 Å². The van der Waals surface area contributed by atoms with Crippen LogP contribution in [-0.4, -0.2) is 37.2 Å². The second-order valence-corrected chi connectivity index (χ2v) is 6.60. The van der Waals surface area contributed by atoms with Gasteiger partial charge >= 0.3 is 6.09 Å². The lowest BCUT2D eigenvalue weighted by Gasteiger charge is -2.19. The van der Waals surface area contributed by atoms with Crippen LogP contribution in [0.2, 0.25) is 0 Å². The monoisotopic (exact) mass is 338 g/mol. The zero-order valence-electron chi connectivity index (χ0n) is 15.0. The third-order valence-electron chi connectivity index (χ3n) is 4.92. The van der Waals surface area contributed by atoms with Gasteiger partial charge in [-0.1, -0.05) is 49.4 Å². The SMILES string of the molecule is CCc1ccc(-c2ccccc2NC(=O)OC[C@H]2CCCN2C)cc1. The number of para-hydroxylation sites is 1. The number of nitrogens with one attached hydrogen (secondary N) is 1. The molecule has 2 aromatic carbocycles. The van der Waals surface area contributed by atoms with Gasteiger partial charge in [0.1, 0.15) is 6.61 Å². The van der Waals surface area contributed by atoms with Crippen molar-refractivity contribution in [1.29, 1.82) is 0 Å². The van der Waals surface area contributed by atoms with Crippen molar-refractivity contribution in [3.05, 3.63) is 54.1 Å². The predicted octanol–water partition coefficient (Wildman–Crippen LogP) is 4.56. The number of anilines is 1. The Labute approximate surface area is 149 Å². The van der Waals surface area contributed by atoms with E-state index >= 15 is 0 Å². The summed E-state index contributed by atoms with van der Waals surface area (Å²) in [5.41, 5.74) is 4.16. The molecule has 3 rings (SSSR count). The van der Waals surface area contributed by atoms with Crippen molar-refractivity contribution in [2.45, 2.75) is 32.2 Å². The fraction of sp³-hybridized carbons (Fsp3) is 0.381. The molecule has 4 nitrogen and oxygen atoms in total. The van der Waals surface area contributed by atoms with Crippen molar-refractivity contribution in [2.75, 3.05) is 25.5 Å². The van der Waals surface area contributed by atoms with Crippen molar-refractivity contribution in [3.8, 4) is 11.1 Å². The highest BCUT2D eigenvalue weighted by Gasteiger charge is 2.22. The van der Waals surface area contributed by atoms with E-state index in [9.17, 15) is 4.79 Å². The molecule has 1 N–H and O–H groups in total. The van der Waals surface area contributed by atoms with Crippen LogP contribution in [0.3, 0.4) is 0 Å². The largest absolute Gasteiger partial charge is 0.448 e. The highest BCUT2D eigenvalue weighted by molar-refractivity contribution is 5.91. The minimum absolute atomic E-state index is 0.336. The summed E-state index contributed by atoms with van der Waals surface area (Å²) in [6, 6.07) is 16.6. The average Bonchev–Trinajstić information content (AvgIpc) is 3.05. The van der Waals surface area contributed by atoms with E-state index in [1.165, 1.54) is 12.0 Å². The third kappa shape index (κ3) is 4.40. The van der Waals surface area contributed by atoms with Gasteiger partial charge in [-0.3, -0.25) is 5.32 Å². The second-order valence-electron chi connectivity index (χ2n) is 6.60. The molecule has 0 aliphatic carbocycles. The smallest absolute Gasteiger partial charge is 0.411 e. The number of aryl methyl sites for hydroxylation is 1. The van der Waals surface area contributed by atoms with Gasteiger partial charge in [-0.2, -0.15) is 0 Å². The normalized spacial score (nSPS) is 17.4. The van der Waals surface area contributed by atoms with Gasteiger partial charge in [0.2, 0.25) is 0 Å². The van der Waals surface area contributed by atoms with Crippen LogP contribution in [0.15, 0.2) is 48.5 Å². The Kier molecular flexibility index (Phi) is 5.71. The zero-order valence-corrected chi connectivity index (χ0v) is 15.0. The van der Waals surface area contributed by atoms with Gasteiger partial charge in [0.05, 0.1) is 5.69 Å². The number of hydrogen-bond acceptors (Lipinski definition) is 3. The molecule has 4 heteroatoms. The van der Waals surface area contributed by atoms with Crippen molar-refractivity contribution >= 4 is 11.8 Å². The van der Waals surface area contributed by atoms with Crippen LogP contribution < -0.4 is 5.32 Å². The first kappa shape index (κ1) is 17.5. The molecular formula is C21H26N2O2. The van der Waals surface area contributed by atoms with Crippen LogP contribution in [0, 0.1) is 0 Å². The predicted molar refractivity (Wildman–Crippen MR) is 102 cm³/mol. The molecule has 0 unspecified atom stereocenters. The summed E-state index contributed by atoms with van der Waals surface area (Å²) in [6.45, 7) is 3.66. The third-order valence-corrected chi connectivity index (χ3v) is 4.92. The van der Waals surface area contributed by atoms with Crippen LogP contribution in [0.1, 0.15) is 25.3 Å². The van der Waals surface area contributed by atoms with E-state index in [1.807, 2.05) is 24.3 Å². The summed E-state index contributed by atoms with van der Waals surface area (Å²) in [4.78, 5) is 14.5. The topological polar surface area (TPSA) is 41.6 Å². The lowest BCUT2D eigenvalue weighted by Crippen LogP contribution is -2.31. The lowest BCUT2D eigenvalue weighted by molar-refractivity contribution is 0.127. The molecule has 132 valence electrons. The highest BCUT2D eigenvalue weighted by Crippen LogP contribution is 2.28. The fourth-order valence-corrected chi connectivity index (χ4v) is 3.27. The molecule has 1 amide bonds. The number of benzene rings is 2. The maximum atomic E-state index is 12.2. The summed E-state index contributed by atoms with van der Waals surface area (Å²) < 4.78 is 5.44. The number of amides is 1. The van der Waals surface area contributed by atoms with E-state index in [2.05, 4.69) is 48.5 Å². The van der Waals surface area contributed by atoms with Crippen molar-refractivity contribution in [3.63, 3.8) is 0 Å². The molecule has 2 aromatic rings. The molecule has 1 saturated heterocycles. The Hall–Kier alpha value is -2.33. The van der Waals surface area contributed by atoms with Gasteiger partial charge in [-0.15, -0.1) is 0 Å². The molecule has 0 radical (unpaired) electrons. The molecule has 0 spiro atoms. The quantitative estimate of drug-likeness (QED) is 0.869. The van der Waals surface area contributed by atoms with Crippen molar-refractivity contribution in [1.82, 2.24) is 4.90 Å². The first-order valence-electron chi connectivity index (χ1n) is 8.99. The van der Waals surface area contributed by atoms with Crippen molar-refractivity contribution < 1.29 is 9.53 Å². The second kappa shape index (κ2) is 8.17. The Balaban J connectivity index is 1.66. The minimum Gasteiger partial charge on any atom is -0.448 e. The first-order chi connectivity index (χ1) is 12.2. The first-order valence-corrected chi connectivity index (χ1v) is 8.99. The maximum Gasteiger partial charge on any atom is 0.411 e. The molecule has 1 heterocycles. The van der Waals surface area contributed by atoms with Crippen LogP contribution in [0.5, 0.6) is 0 Å². The van der Waals surface area contributed by atoms with Gasteiger partial charge in [0, 0.05) is 11.6 Å². The molecular weight excluding hydrogens is 312 g/mol. The molecule has 0 aromatic heterocycles. The molecule has 25 heavy (non-hydrogen) atoms. The van der Waals surface area contributed by atoms with Gasteiger partial charge in [-0.25, -0.2) is 4.79 Å². The molecule has 1 aliphatic heterocycles. The Bertz CT molecular complexity index is 712. The van der Waals surface area contributed by atoms with E-state index in [-0.39, 0.29) is 0 Å². The van der Waals surface area contributed by atoms with E-state index in [1.54, 1.807) is 0 Å². The number of hydrogen-bond donors (Lipinski definition) is 1. The number of rotatable bonds is 5. The van der Waals surface area contributed by atoms with Crippen LogP contribution >= 0.6 is 0 Å². The summed E-state index contributed by atoms with van der Waals surface area (Å²) in [5.74, 6) is 0. The van der Waals surface area contributed by atoms with E-state index < -0.39 is 6.09 Å². The number of likely N-dealkylation sites (tertiary alicyclic amines) is 1.